The first kappa shape index (κ1) is 12.4. The van der Waals surface area contributed by atoms with Crippen molar-refractivity contribution in [2.75, 3.05) is 17.6 Å². The predicted molar refractivity (Wildman–Crippen MR) is 74.3 cm³/mol. The van der Waals surface area contributed by atoms with Crippen LogP contribution in [0.2, 0.25) is 0 Å². The molecular weight excluding hydrogens is 248 g/mol. The van der Waals surface area contributed by atoms with Gasteiger partial charge in [-0.1, -0.05) is 12.1 Å². The standard InChI is InChI=1S/C13H14N2O2S/c14-12-10(13(16)17)4-1-5-11(12)15-7-6-9-3-2-8-18-9/h1-5,8,15H,6-7,14H2,(H,16,17). The molecule has 0 saturated heterocycles. The van der Waals surface area contributed by atoms with Crippen LogP contribution in [0.15, 0.2) is 35.7 Å². The average Bonchev–Trinajstić information content (AvgIpc) is 2.84. The quantitative estimate of drug-likeness (QED) is 0.724. The van der Waals surface area contributed by atoms with Crippen LogP contribution in [0.25, 0.3) is 0 Å². The third-order valence-electron chi connectivity index (χ3n) is 2.60. The van der Waals surface area contributed by atoms with Gasteiger partial charge in [0.05, 0.1) is 16.9 Å². The Hall–Kier alpha value is -2.01. The molecule has 5 heteroatoms. The number of aromatic carboxylic acids is 1. The highest BCUT2D eigenvalue weighted by atomic mass is 32.1. The summed E-state index contributed by atoms with van der Waals surface area (Å²) in [5.74, 6) is -1.01. The number of carboxylic acid groups (broad SMARTS) is 1. The summed E-state index contributed by atoms with van der Waals surface area (Å²) in [6.45, 7) is 0.730. The SMILES string of the molecule is Nc1c(NCCc2cccs2)cccc1C(=O)O. The topological polar surface area (TPSA) is 75.3 Å². The second-order valence-corrected chi connectivity index (χ2v) is 4.86. The molecule has 0 spiro atoms. The molecule has 0 aliphatic rings. The minimum atomic E-state index is -1.01. The van der Waals surface area contributed by atoms with E-state index in [1.165, 1.54) is 10.9 Å². The molecule has 1 heterocycles. The number of para-hydroxylation sites is 1. The predicted octanol–water partition coefficient (Wildman–Crippen LogP) is 2.68. The van der Waals surface area contributed by atoms with E-state index in [0.717, 1.165) is 13.0 Å². The highest BCUT2D eigenvalue weighted by Gasteiger charge is 2.10. The van der Waals surface area contributed by atoms with Crippen molar-refractivity contribution < 1.29 is 9.90 Å². The van der Waals surface area contributed by atoms with Crippen molar-refractivity contribution in [3.8, 4) is 0 Å². The fraction of sp³-hybridized carbons (Fsp3) is 0.154. The lowest BCUT2D eigenvalue weighted by atomic mass is 10.1. The van der Waals surface area contributed by atoms with E-state index in [2.05, 4.69) is 11.4 Å². The molecule has 18 heavy (non-hydrogen) atoms. The van der Waals surface area contributed by atoms with Gasteiger partial charge in [-0.2, -0.15) is 0 Å². The lowest BCUT2D eigenvalue weighted by Gasteiger charge is -2.10. The van der Waals surface area contributed by atoms with E-state index in [-0.39, 0.29) is 11.3 Å². The summed E-state index contributed by atoms with van der Waals surface area (Å²) in [5, 5.41) is 14.2. The van der Waals surface area contributed by atoms with Gasteiger partial charge in [0.25, 0.3) is 0 Å². The summed E-state index contributed by atoms with van der Waals surface area (Å²) in [7, 11) is 0. The van der Waals surface area contributed by atoms with Crippen LogP contribution in [0.3, 0.4) is 0 Å². The molecule has 0 atom stereocenters. The monoisotopic (exact) mass is 262 g/mol. The van der Waals surface area contributed by atoms with Crippen molar-refractivity contribution >= 4 is 28.7 Å². The molecule has 2 aromatic rings. The molecule has 4 N–H and O–H groups in total. The van der Waals surface area contributed by atoms with Gasteiger partial charge < -0.3 is 16.2 Å². The fourth-order valence-corrected chi connectivity index (χ4v) is 2.39. The summed E-state index contributed by atoms with van der Waals surface area (Å²) in [5.41, 5.74) is 6.90. The molecule has 0 aliphatic carbocycles. The summed E-state index contributed by atoms with van der Waals surface area (Å²) >= 11 is 1.70. The van der Waals surface area contributed by atoms with Gasteiger partial charge >= 0.3 is 5.97 Å². The third kappa shape index (κ3) is 2.81. The smallest absolute Gasteiger partial charge is 0.337 e. The van der Waals surface area contributed by atoms with Crippen LogP contribution in [0.5, 0.6) is 0 Å². The minimum absolute atomic E-state index is 0.135. The Morgan fingerprint density at radius 3 is 2.83 bits per heavy atom. The molecule has 0 bridgehead atoms. The van der Waals surface area contributed by atoms with E-state index in [4.69, 9.17) is 10.8 Å². The largest absolute Gasteiger partial charge is 0.478 e. The molecule has 0 amide bonds. The van der Waals surface area contributed by atoms with Crippen LogP contribution in [0, 0.1) is 0 Å². The number of benzene rings is 1. The number of hydrogen-bond acceptors (Lipinski definition) is 4. The highest BCUT2D eigenvalue weighted by molar-refractivity contribution is 7.09. The maximum Gasteiger partial charge on any atom is 0.337 e. The van der Waals surface area contributed by atoms with Crippen LogP contribution >= 0.6 is 11.3 Å². The summed E-state index contributed by atoms with van der Waals surface area (Å²) < 4.78 is 0. The molecule has 1 aromatic carbocycles. The lowest BCUT2D eigenvalue weighted by molar-refractivity contribution is 0.0698. The molecule has 94 valence electrons. The van der Waals surface area contributed by atoms with Crippen LogP contribution in [0.1, 0.15) is 15.2 Å². The summed E-state index contributed by atoms with van der Waals surface area (Å²) in [4.78, 5) is 12.2. The van der Waals surface area contributed by atoms with Gasteiger partial charge in [0, 0.05) is 11.4 Å². The summed E-state index contributed by atoms with van der Waals surface area (Å²) in [6.07, 6.45) is 0.897. The highest BCUT2D eigenvalue weighted by Crippen LogP contribution is 2.22. The Balaban J connectivity index is 2.01. The van der Waals surface area contributed by atoms with E-state index in [1.54, 1.807) is 23.5 Å². The molecule has 2 rings (SSSR count). The van der Waals surface area contributed by atoms with Crippen molar-refractivity contribution in [2.45, 2.75) is 6.42 Å². The van der Waals surface area contributed by atoms with Gasteiger partial charge in [-0.25, -0.2) is 4.79 Å². The lowest BCUT2D eigenvalue weighted by Crippen LogP contribution is -2.09. The third-order valence-corrected chi connectivity index (χ3v) is 3.54. The van der Waals surface area contributed by atoms with Gasteiger partial charge in [-0.3, -0.25) is 0 Å². The van der Waals surface area contributed by atoms with Gasteiger partial charge in [-0.05, 0) is 30.0 Å². The Bertz CT molecular complexity index is 538. The number of hydrogen-bond donors (Lipinski definition) is 3. The average molecular weight is 262 g/mol. The molecule has 0 saturated carbocycles. The Labute approximate surface area is 109 Å². The zero-order chi connectivity index (χ0) is 13.0. The second-order valence-electron chi connectivity index (χ2n) is 3.83. The number of thiophene rings is 1. The van der Waals surface area contributed by atoms with Crippen molar-refractivity contribution in [1.29, 1.82) is 0 Å². The van der Waals surface area contributed by atoms with Crippen molar-refractivity contribution in [2.24, 2.45) is 0 Å². The van der Waals surface area contributed by atoms with Crippen LogP contribution in [-0.4, -0.2) is 17.6 Å². The molecule has 1 aromatic heterocycles. The fourth-order valence-electron chi connectivity index (χ4n) is 1.68. The van der Waals surface area contributed by atoms with Gasteiger partial charge in [-0.15, -0.1) is 11.3 Å². The van der Waals surface area contributed by atoms with Crippen LogP contribution < -0.4 is 11.1 Å². The second kappa shape index (κ2) is 5.55. The molecule has 4 nitrogen and oxygen atoms in total. The molecular formula is C13H14N2O2S. The van der Waals surface area contributed by atoms with E-state index in [1.807, 2.05) is 11.4 Å². The molecule has 0 unspecified atom stereocenters. The summed E-state index contributed by atoms with van der Waals surface area (Å²) in [6, 6.07) is 9.06. The number of anilines is 2. The van der Waals surface area contributed by atoms with Crippen molar-refractivity contribution in [1.82, 2.24) is 0 Å². The zero-order valence-electron chi connectivity index (χ0n) is 9.72. The number of nitrogen functional groups attached to an aromatic ring is 1. The van der Waals surface area contributed by atoms with Crippen molar-refractivity contribution in [3.63, 3.8) is 0 Å². The maximum atomic E-state index is 10.9. The van der Waals surface area contributed by atoms with Gasteiger partial charge in [0.15, 0.2) is 0 Å². The van der Waals surface area contributed by atoms with E-state index in [0.29, 0.717) is 5.69 Å². The molecule has 0 radical (unpaired) electrons. The minimum Gasteiger partial charge on any atom is -0.478 e. The number of carboxylic acids is 1. The Morgan fingerprint density at radius 2 is 2.17 bits per heavy atom. The Kier molecular flexibility index (Phi) is 3.84. The van der Waals surface area contributed by atoms with Gasteiger partial charge in [0.2, 0.25) is 0 Å². The number of nitrogens with two attached hydrogens (primary N) is 1. The van der Waals surface area contributed by atoms with E-state index in [9.17, 15) is 4.79 Å². The zero-order valence-corrected chi connectivity index (χ0v) is 10.5. The van der Waals surface area contributed by atoms with Crippen LogP contribution in [-0.2, 0) is 6.42 Å². The maximum absolute atomic E-state index is 10.9. The van der Waals surface area contributed by atoms with E-state index >= 15 is 0 Å². The first-order valence-electron chi connectivity index (χ1n) is 5.56. The number of nitrogens with one attached hydrogen (secondary N) is 1. The Morgan fingerprint density at radius 1 is 1.33 bits per heavy atom. The van der Waals surface area contributed by atoms with E-state index < -0.39 is 5.97 Å². The van der Waals surface area contributed by atoms with Crippen molar-refractivity contribution in [3.05, 3.63) is 46.2 Å². The molecule has 0 fully saturated rings. The normalized spacial score (nSPS) is 10.2. The first-order valence-corrected chi connectivity index (χ1v) is 6.44. The van der Waals surface area contributed by atoms with Gasteiger partial charge in [0.1, 0.15) is 0 Å². The molecule has 0 aliphatic heterocycles. The van der Waals surface area contributed by atoms with Crippen LogP contribution in [0.4, 0.5) is 11.4 Å². The number of rotatable bonds is 5. The number of carbonyl (C=O) groups is 1. The first-order chi connectivity index (χ1) is 8.68.